The fourth-order valence-corrected chi connectivity index (χ4v) is 2.98. The topological polar surface area (TPSA) is 41.6 Å². The lowest BCUT2D eigenvalue weighted by molar-refractivity contribution is -0.149. The number of hydrazine groups is 1. The number of nitrogens with zero attached hydrogens (tertiary/aromatic N) is 1. The minimum Gasteiger partial charge on any atom is -0.465 e. The molecule has 4 heteroatoms. The molecule has 2 atom stereocenters. The SMILES string of the molecule is CCOC(=O)[C@@]1(C)C[C@@H]2Cc3ccccc3N2N1. The van der Waals surface area contributed by atoms with E-state index in [2.05, 4.69) is 28.6 Å². The van der Waals surface area contributed by atoms with Crippen LogP contribution in [0, 0.1) is 0 Å². The molecule has 2 aliphatic heterocycles. The summed E-state index contributed by atoms with van der Waals surface area (Å²) >= 11 is 0. The number of benzene rings is 1. The Morgan fingerprint density at radius 1 is 1.56 bits per heavy atom. The summed E-state index contributed by atoms with van der Waals surface area (Å²) in [5, 5.41) is 2.13. The molecule has 1 aromatic carbocycles. The van der Waals surface area contributed by atoms with E-state index in [0.29, 0.717) is 12.6 Å². The number of rotatable bonds is 2. The quantitative estimate of drug-likeness (QED) is 0.806. The van der Waals surface area contributed by atoms with Crippen LogP contribution < -0.4 is 10.4 Å². The molecule has 2 heterocycles. The molecular weight excluding hydrogens is 228 g/mol. The molecule has 0 saturated carbocycles. The van der Waals surface area contributed by atoms with Crippen molar-refractivity contribution in [1.29, 1.82) is 0 Å². The largest absolute Gasteiger partial charge is 0.465 e. The smallest absolute Gasteiger partial charge is 0.327 e. The number of hydrogen-bond acceptors (Lipinski definition) is 4. The van der Waals surface area contributed by atoms with Gasteiger partial charge in [0.25, 0.3) is 0 Å². The molecule has 0 radical (unpaired) electrons. The highest BCUT2D eigenvalue weighted by molar-refractivity contribution is 5.82. The number of esters is 1. The van der Waals surface area contributed by atoms with Gasteiger partial charge < -0.3 is 9.75 Å². The van der Waals surface area contributed by atoms with Gasteiger partial charge in [-0.15, -0.1) is 0 Å². The first-order valence-electron chi connectivity index (χ1n) is 6.46. The van der Waals surface area contributed by atoms with Gasteiger partial charge in [0, 0.05) is 0 Å². The van der Waals surface area contributed by atoms with Crippen molar-refractivity contribution in [3.63, 3.8) is 0 Å². The third-order valence-electron chi connectivity index (χ3n) is 3.81. The lowest BCUT2D eigenvalue weighted by Crippen LogP contribution is -2.50. The minimum atomic E-state index is -0.589. The molecule has 3 rings (SSSR count). The molecule has 18 heavy (non-hydrogen) atoms. The minimum absolute atomic E-state index is 0.156. The Kier molecular flexibility index (Phi) is 2.55. The van der Waals surface area contributed by atoms with Gasteiger partial charge in [-0.05, 0) is 38.3 Å². The van der Waals surface area contributed by atoms with Crippen LogP contribution in [0.15, 0.2) is 24.3 Å². The summed E-state index contributed by atoms with van der Waals surface area (Å²) in [4.78, 5) is 12.0. The summed E-state index contributed by atoms with van der Waals surface area (Å²) in [5.41, 5.74) is 5.28. The van der Waals surface area contributed by atoms with E-state index in [0.717, 1.165) is 12.8 Å². The maximum atomic E-state index is 12.0. The second-order valence-electron chi connectivity index (χ2n) is 5.23. The van der Waals surface area contributed by atoms with E-state index in [1.807, 2.05) is 19.9 Å². The van der Waals surface area contributed by atoms with E-state index >= 15 is 0 Å². The lowest BCUT2D eigenvalue weighted by Gasteiger charge is -2.25. The molecule has 0 bridgehead atoms. The van der Waals surface area contributed by atoms with Gasteiger partial charge in [-0.2, -0.15) is 0 Å². The molecule has 1 fully saturated rings. The number of hydrogen-bond donors (Lipinski definition) is 1. The van der Waals surface area contributed by atoms with Crippen LogP contribution in [0.5, 0.6) is 0 Å². The van der Waals surface area contributed by atoms with Crippen LogP contribution in [-0.4, -0.2) is 24.2 Å². The Morgan fingerprint density at radius 3 is 3.11 bits per heavy atom. The Balaban J connectivity index is 1.84. The Bertz CT molecular complexity index is 488. The first kappa shape index (κ1) is 11.5. The van der Waals surface area contributed by atoms with Crippen molar-refractivity contribution in [2.75, 3.05) is 11.6 Å². The Morgan fingerprint density at radius 2 is 2.33 bits per heavy atom. The predicted octanol–water partition coefficient (Wildman–Crippen LogP) is 1.65. The van der Waals surface area contributed by atoms with Gasteiger partial charge >= 0.3 is 5.97 Å². The van der Waals surface area contributed by atoms with Crippen LogP contribution in [0.3, 0.4) is 0 Å². The number of nitrogens with one attached hydrogen (secondary N) is 1. The second kappa shape index (κ2) is 3.99. The third-order valence-corrected chi connectivity index (χ3v) is 3.81. The van der Waals surface area contributed by atoms with Gasteiger partial charge in [0.1, 0.15) is 5.54 Å². The van der Waals surface area contributed by atoms with Gasteiger partial charge in [0.2, 0.25) is 0 Å². The average Bonchev–Trinajstić information content (AvgIpc) is 2.84. The highest BCUT2D eigenvalue weighted by Gasteiger charge is 2.49. The van der Waals surface area contributed by atoms with Crippen LogP contribution in [0.1, 0.15) is 25.8 Å². The van der Waals surface area contributed by atoms with Crippen molar-refractivity contribution >= 4 is 11.7 Å². The van der Waals surface area contributed by atoms with E-state index < -0.39 is 5.54 Å². The molecule has 0 aliphatic carbocycles. The first-order valence-corrected chi connectivity index (χ1v) is 6.46. The summed E-state index contributed by atoms with van der Waals surface area (Å²) in [6, 6.07) is 8.70. The van der Waals surface area contributed by atoms with E-state index in [-0.39, 0.29) is 5.97 Å². The average molecular weight is 246 g/mol. The van der Waals surface area contributed by atoms with Crippen LogP contribution in [0.2, 0.25) is 0 Å². The second-order valence-corrected chi connectivity index (χ2v) is 5.23. The van der Waals surface area contributed by atoms with Gasteiger partial charge in [0.15, 0.2) is 0 Å². The van der Waals surface area contributed by atoms with Crippen molar-refractivity contribution in [2.45, 2.75) is 38.3 Å². The molecule has 2 aliphatic rings. The fourth-order valence-electron chi connectivity index (χ4n) is 2.98. The highest BCUT2D eigenvalue weighted by Crippen LogP contribution is 2.39. The molecule has 0 unspecified atom stereocenters. The van der Waals surface area contributed by atoms with E-state index in [1.165, 1.54) is 11.3 Å². The zero-order valence-electron chi connectivity index (χ0n) is 10.8. The summed E-state index contributed by atoms with van der Waals surface area (Å²) in [7, 11) is 0. The lowest BCUT2D eigenvalue weighted by atomic mass is 9.94. The number of carbonyl (C=O) groups is 1. The van der Waals surface area contributed by atoms with E-state index in [9.17, 15) is 4.79 Å². The van der Waals surface area contributed by atoms with Crippen molar-refractivity contribution in [1.82, 2.24) is 5.43 Å². The van der Waals surface area contributed by atoms with Gasteiger partial charge in [-0.1, -0.05) is 18.2 Å². The van der Waals surface area contributed by atoms with Crippen molar-refractivity contribution in [2.24, 2.45) is 0 Å². The summed E-state index contributed by atoms with van der Waals surface area (Å²) in [6.07, 6.45) is 1.79. The molecule has 0 spiro atoms. The normalized spacial score (nSPS) is 29.0. The standard InChI is InChI=1S/C14H18N2O2/c1-3-18-13(17)14(2)9-11-8-10-6-4-5-7-12(10)16(11)15-14/h4-7,11,15H,3,8-9H2,1-2H3/t11-,14+/m0/s1. The summed E-state index contributed by atoms with van der Waals surface area (Å²) in [5.74, 6) is -0.156. The molecule has 96 valence electrons. The molecule has 0 aromatic heterocycles. The molecule has 1 N–H and O–H groups in total. The van der Waals surface area contributed by atoms with Crippen LogP contribution in [0.4, 0.5) is 5.69 Å². The van der Waals surface area contributed by atoms with Gasteiger partial charge in [-0.25, -0.2) is 10.2 Å². The molecule has 1 aromatic rings. The zero-order chi connectivity index (χ0) is 12.8. The number of para-hydroxylation sites is 1. The Labute approximate surface area is 107 Å². The van der Waals surface area contributed by atoms with E-state index in [4.69, 9.17) is 4.74 Å². The molecule has 1 saturated heterocycles. The number of fused-ring (bicyclic) bond motifs is 3. The van der Waals surface area contributed by atoms with Gasteiger partial charge in [-0.3, -0.25) is 0 Å². The van der Waals surface area contributed by atoms with Gasteiger partial charge in [0.05, 0.1) is 18.3 Å². The maximum Gasteiger partial charge on any atom is 0.327 e. The predicted molar refractivity (Wildman–Crippen MR) is 69.2 cm³/mol. The molecule has 4 nitrogen and oxygen atoms in total. The van der Waals surface area contributed by atoms with Crippen LogP contribution in [0.25, 0.3) is 0 Å². The first-order chi connectivity index (χ1) is 8.64. The highest BCUT2D eigenvalue weighted by atomic mass is 16.5. The van der Waals surface area contributed by atoms with Crippen LogP contribution >= 0.6 is 0 Å². The summed E-state index contributed by atoms with van der Waals surface area (Å²) in [6.45, 7) is 4.19. The monoisotopic (exact) mass is 246 g/mol. The summed E-state index contributed by atoms with van der Waals surface area (Å²) < 4.78 is 5.15. The van der Waals surface area contributed by atoms with Crippen molar-refractivity contribution < 1.29 is 9.53 Å². The zero-order valence-corrected chi connectivity index (χ0v) is 10.8. The molecular formula is C14H18N2O2. The van der Waals surface area contributed by atoms with Crippen molar-refractivity contribution in [3.8, 4) is 0 Å². The Hall–Kier alpha value is -1.55. The van der Waals surface area contributed by atoms with Crippen LogP contribution in [-0.2, 0) is 16.0 Å². The molecule has 0 amide bonds. The number of carbonyl (C=O) groups excluding carboxylic acids is 1. The maximum absolute atomic E-state index is 12.0. The number of ether oxygens (including phenoxy) is 1. The van der Waals surface area contributed by atoms with Crippen molar-refractivity contribution in [3.05, 3.63) is 29.8 Å². The fraction of sp³-hybridized carbons (Fsp3) is 0.500. The number of anilines is 1. The van der Waals surface area contributed by atoms with E-state index in [1.54, 1.807) is 0 Å². The third kappa shape index (κ3) is 1.60.